The molecule has 0 aromatic heterocycles. The van der Waals surface area contributed by atoms with Crippen molar-refractivity contribution in [2.45, 2.75) is 20.0 Å². The van der Waals surface area contributed by atoms with Crippen molar-refractivity contribution in [3.05, 3.63) is 116 Å². The quantitative estimate of drug-likeness (QED) is 0.102. The second-order valence-corrected chi connectivity index (χ2v) is 8.08. The molecule has 0 fully saturated rings. The number of carbonyl (C=O) groups excluding carboxylic acids is 1. The lowest BCUT2D eigenvalue weighted by molar-refractivity contribution is -0.385. The van der Waals surface area contributed by atoms with Crippen LogP contribution in [0.4, 0.5) is 17.1 Å². The van der Waals surface area contributed by atoms with Crippen LogP contribution in [0.5, 0.6) is 11.5 Å². The first-order valence-corrected chi connectivity index (χ1v) is 11.7. The van der Waals surface area contributed by atoms with Crippen LogP contribution in [-0.4, -0.2) is 22.4 Å². The number of anilines is 1. The summed E-state index contributed by atoms with van der Waals surface area (Å²) in [5.41, 5.74) is 1.60. The number of nitro benzene ring substituents is 2. The van der Waals surface area contributed by atoms with Gasteiger partial charge in [0.15, 0.2) is 11.5 Å². The highest BCUT2D eigenvalue weighted by atomic mass is 16.6. The van der Waals surface area contributed by atoms with E-state index >= 15 is 0 Å². The number of nitro groups is 2. The number of hydrogen-bond acceptors (Lipinski definition) is 8. The molecule has 0 saturated heterocycles. The largest absolute Gasteiger partial charge is 0.490 e. The zero-order chi connectivity index (χ0) is 28.4. The zero-order valence-corrected chi connectivity index (χ0v) is 21.0. The number of carbonyl (C=O) groups is 1. The van der Waals surface area contributed by atoms with Gasteiger partial charge in [-0.2, -0.15) is 5.26 Å². The third-order valence-electron chi connectivity index (χ3n) is 5.34. The van der Waals surface area contributed by atoms with Crippen LogP contribution in [0.15, 0.2) is 78.9 Å². The van der Waals surface area contributed by atoms with Crippen LogP contribution < -0.4 is 14.8 Å². The molecule has 3 rings (SSSR count). The number of nitrogens with one attached hydrogen (secondary N) is 1. The fourth-order valence-electron chi connectivity index (χ4n) is 3.58. The Labute approximate surface area is 223 Å². The molecule has 0 saturated carbocycles. The van der Waals surface area contributed by atoms with Gasteiger partial charge in [-0.3, -0.25) is 25.0 Å². The van der Waals surface area contributed by atoms with Gasteiger partial charge in [-0.25, -0.2) is 0 Å². The Hall–Kier alpha value is -5.50. The molecule has 0 atom stereocenters. The first-order chi connectivity index (χ1) is 18.7. The molecule has 1 amide bonds. The van der Waals surface area contributed by atoms with Crippen molar-refractivity contribution in [2.75, 3.05) is 11.9 Å². The predicted molar refractivity (Wildman–Crippen MR) is 144 cm³/mol. The fourth-order valence-corrected chi connectivity index (χ4v) is 3.58. The van der Waals surface area contributed by atoms with Crippen molar-refractivity contribution in [1.29, 1.82) is 5.26 Å². The molecule has 11 nitrogen and oxygen atoms in total. The lowest BCUT2D eigenvalue weighted by Crippen LogP contribution is -2.13. The first-order valence-electron chi connectivity index (χ1n) is 11.7. The van der Waals surface area contributed by atoms with Crippen LogP contribution in [0.25, 0.3) is 6.08 Å². The molecular weight excluding hydrogens is 504 g/mol. The minimum Gasteiger partial charge on any atom is -0.490 e. The molecule has 0 aliphatic rings. The van der Waals surface area contributed by atoms with E-state index in [1.165, 1.54) is 42.5 Å². The van der Waals surface area contributed by atoms with Gasteiger partial charge in [0.2, 0.25) is 0 Å². The van der Waals surface area contributed by atoms with Crippen LogP contribution in [0, 0.1) is 31.6 Å². The molecule has 0 spiro atoms. The number of non-ortho nitro benzene ring substituents is 2. The van der Waals surface area contributed by atoms with Crippen LogP contribution in [0.3, 0.4) is 0 Å². The second-order valence-electron chi connectivity index (χ2n) is 8.08. The Morgan fingerprint density at radius 3 is 2.38 bits per heavy atom. The summed E-state index contributed by atoms with van der Waals surface area (Å²) < 4.78 is 11.8. The van der Waals surface area contributed by atoms with Gasteiger partial charge in [0, 0.05) is 35.5 Å². The first kappa shape index (κ1) is 28.1. The van der Waals surface area contributed by atoms with Gasteiger partial charge in [0.05, 0.1) is 16.5 Å². The van der Waals surface area contributed by atoms with Gasteiger partial charge in [-0.1, -0.05) is 12.1 Å². The van der Waals surface area contributed by atoms with Gasteiger partial charge in [0.1, 0.15) is 18.2 Å². The predicted octanol–water partition coefficient (Wildman–Crippen LogP) is 5.75. The lowest BCUT2D eigenvalue weighted by Gasteiger charge is -2.17. The minimum atomic E-state index is -0.736. The number of allylic oxidation sites excluding steroid dienone is 1. The number of rotatable bonds is 12. The summed E-state index contributed by atoms with van der Waals surface area (Å²) in [6.45, 7) is 6.00. The average molecular weight is 529 g/mol. The number of nitriles is 1. The smallest absolute Gasteiger partial charge is 0.271 e. The van der Waals surface area contributed by atoms with E-state index in [-0.39, 0.29) is 29.2 Å². The summed E-state index contributed by atoms with van der Waals surface area (Å²) in [6, 6.07) is 16.6. The van der Waals surface area contributed by atoms with Crippen molar-refractivity contribution < 1.29 is 24.1 Å². The third-order valence-corrected chi connectivity index (χ3v) is 5.34. The SMILES string of the molecule is C=CCc1cc(/C=C(\C#N)C(=O)Nc2cccc([N+](=O)[O-])c2)cc(OCC)c1OCc1ccc([N+](=O)[O-])cc1. The molecule has 0 aliphatic carbocycles. The molecule has 3 aromatic rings. The number of hydrogen-bond donors (Lipinski definition) is 1. The van der Waals surface area contributed by atoms with Crippen molar-refractivity contribution in [3.8, 4) is 17.6 Å². The highest BCUT2D eigenvalue weighted by molar-refractivity contribution is 6.09. The molecule has 0 heterocycles. The maximum absolute atomic E-state index is 12.8. The number of benzene rings is 3. The van der Waals surface area contributed by atoms with E-state index in [4.69, 9.17) is 9.47 Å². The van der Waals surface area contributed by atoms with Gasteiger partial charge in [0.25, 0.3) is 17.3 Å². The van der Waals surface area contributed by atoms with Crippen LogP contribution >= 0.6 is 0 Å². The molecule has 39 heavy (non-hydrogen) atoms. The summed E-state index contributed by atoms with van der Waals surface area (Å²) in [5.74, 6) is 0.0768. The van der Waals surface area contributed by atoms with Gasteiger partial charge >= 0.3 is 0 Å². The number of ether oxygens (including phenoxy) is 2. The van der Waals surface area contributed by atoms with Crippen molar-refractivity contribution in [2.24, 2.45) is 0 Å². The van der Waals surface area contributed by atoms with E-state index < -0.39 is 15.8 Å². The molecule has 0 aliphatic heterocycles. The Bertz CT molecular complexity index is 1470. The van der Waals surface area contributed by atoms with Crippen LogP contribution in [0.1, 0.15) is 23.6 Å². The minimum absolute atomic E-state index is 0.0277. The highest BCUT2D eigenvalue weighted by Crippen LogP contribution is 2.35. The van der Waals surface area contributed by atoms with Crippen LogP contribution in [-0.2, 0) is 17.8 Å². The maximum Gasteiger partial charge on any atom is 0.271 e. The second kappa shape index (κ2) is 13.2. The molecule has 11 heteroatoms. The van der Waals surface area contributed by atoms with E-state index in [9.17, 15) is 30.3 Å². The summed E-state index contributed by atoms with van der Waals surface area (Å²) in [6.07, 6.45) is 3.43. The topological polar surface area (TPSA) is 158 Å². The Balaban J connectivity index is 1.90. The average Bonchev–Trinajstić information content (AvgIpc) is 2.92. The van der Waals surface area contributed by atoms with Gasteiger partial charge in [-0.05, 0) is 60.9 Å². The number of amides is 1. The van der Waals surface area contributed by atoms with E-state index in [1.807, 2.05) is 6.07 Å². The van der Waals surface area contributed by atoms with Gasteiger partial charge in [-0.15, -0.1) is 6.58 Å². The monoisotopic (exact) mass is 528 g/mol. The van der Waals surface area contributed by atoms with Crippen molar-refractivity contribution in [1.82, 2.24) is 0 Å². The number of nitrogens with zero attached hydrogens (tertiary/aromatic N) is 3. The van der Waals surface area contributed by atoms with E-state index in [2.05, 4.69) is 11.9 Å². The lowest BCUT2D eigenvalue weighted by atomic mass is 10.0. The Kier molecular flexibility index (Phi) is 9.48. The summed E-state index contributed by atoms with van der Waals surface area (Å²) >= 11 is 0. The Morgan fingerprint density at radius 1 is 1.05 bits per heavy atom. The molecular formula is C28H24N4O7. The summed E-state index contributed by atoms with van der Waals surface area (Å²) in [4.78, 5) is 33.6. The van der Waals surface area contributed by atoms with E-state index in [1.54, 1.807) is 37.3 Å². The van der Waals surface area contributed by atoms with E-state index in [0.717, 1.165) is 0 Å². The van der Waals surface area contributed by atoms with Crippen LogP contribution in [0.2, 0.25) is 0 Å². The summed E-state index contributed by atoms with van der Waals surface area (Å²) in [7, 11) is 0. The summed E-state index contributed by atoms with van der Waals surface area (Å²) in [5, 5.41) is 34.1. The molecule has 0 bridgehead atoms. The molecule has 198 valence electrons. The van der Waals surface area contributed by atoms with E-state index in [0.29, 0.717) is 41.2 Å². The Morgan fingerprint density at radius 2 is 1.77 bits per heavy atom. The third kappa shape index (κ3) is 7.50. The van der Waals surface area contributed by atoms with Gasteiger partial charge < -0.3 is 14.8 Å². The molecule has 0 radical (unpaired) electrons. The normalized spacial score (nSPS) is 10.7. The highest BCUT2D eigenvalue weighted by Gasteiger charge is 2.16. The standard InChI is InChI=1S/C28H24N4O7/c1-3-6-21-13-20(14-22(17-29)28(33)30-23-7-5-8-25(16-23)32(36)37)15-26(38-4-2)27(21)39-18-19-9-11-24(12-10-19)31(34)35/h3,5,7-16H,1,4,6,18H2,2H3,(H,30,33)/b22-14+. The molecule has 3 aromatic carbocycles. The molecule has 0 unspecified atom stereocenters. The van der Waals surface area contributed by atoms with Crippen molar-refractivity contribution >= 4 is 29.0 Å². The molecule has 1 N–H and O–H groups in total. The van der Waals surface area contributed by atoms with Crippen molar-refractivity contribution in [3.63, 3.8) is 0 Å². The maximum atomic E-state index is 12.8. The fraction of sp³-hybridized carbons (Fsp3) is 0.143. The zero-order valence-electron chi connectivity index (χ0n) is 21.0.